The molecule has 0 spiro atoms. The van der Waals surface area contributed by atoms with Crippen LogP contribution in [0.1, 0.15) is 28.8 Å². The van der Waals surface area contributed by atoms with E-state index in [1.807, 2.05) is 46.8 Å². The maximum Gasteiger partial charge on any atom is 0.253 e. The molecule has 134 valence electrons. The summed E-state index contributed by atoms with van der Waals surface area (Å²) in [4.78, 5) is 19.1. The van der Waals surface area contributed by atoms with Crippen molar-refractivity contribution in [2.75, 3.05) is 19.7 Å². The molecule has 26 heavy (non-hydrogen) atoms. The Morgan fingerprint density at radius 3 is 3.00 bits per heavy atom. The van der Waals surface area contributed by atoms with E-state index in [2.05, 4.69) is 17.1 Å². The van der Waals surface area contributed by atoms with E-state index in [1.54, 1.807) is 11.3 Å². The highest BCUT2D eigenvalue weighted by Gasteiger charge is 2.24. The number of nitrogens with zero attached hydrogens (tertiary/aromatic N) is 2. The first-order valence-electron chi connectivity index (χ1n) is 9.04. The molecule has 1 aliphatic rings. The Kier molecular flexibility index (Phi) is 5.27. The van der Waals surface area contributed by atoms with Crippen LogP contribution in [0.15, 0.2) is 54.0 Å². The van der Waals surface area contributed by atoms with Gasteiger partial charge in [-0.3, -0.25) is 4.79 Å². The lowest BCUT2D eigenvalue weighted by Gasteiger charge is -2.32. The van der Waals surface area contributed by atoms with Gasteiger partial charge in [-0.25, -0.2) is 4.98 Å². The molecule has 2 heterocycles. The van der Waals surface area contributed by atoms with Gasteiger partial charge in [0, 0.05) is 18.7 Å². The first-order chi connectivity index (χ1) is 12.8. The first kappa shape index (κ1) is 17.2. The predicted molar refractivity (Wildman–Crippen MR) is 104 cm³/mol. The summed E-state index contributed by atoms with van der Waals surface area (Å²) in [5.74, 6) is 0.525. The fourth-order valence-corrected chi connectivity index (χ4v) is 4.19. The smallest absolute Gasteiger partial charge is 0.253 e. The minimum atomic E-state index is 0.119. The molecule has 0 saturated carbocycles. The van der Waals surface area contributed by atoms with Crippen LogP contribution in [0.5, 0.6) is 0 Å². The number of carbonyl (C=O) groups excluding carboxylic acids is 1. The van der Waals surface area contributed by atoms with Gasteiger partial charge in [0.2, 0.25) is 0 Å². The number of carbonyl (C=O) groups is 1. The lowest BCUT2D eigenvalue weighted by Crippen LogP contribution is -2.41. The largest absolute Gasteiger partial charge is 0.376 e. The van der Waals surface area contributed by atoms with Gasteiger partial charge in [0.1, 0.15) is 0 Å². The van der Waals surface area contributed by atoms with Crippen LogP contribution in [0.4, 0.5) is 0 Å². The normalized spacial score (nSPS) is 17.5. The Hall–Kier alpha value is -2.24. The molecule has 1 saturated heterocycles. The van der Waals surface area contributed by atoms with Gasteiger partial charge in [0.25, 0.3) is 5.91 Å². The minimum Gasteiger partial charge on any atom is -0.376 e. The first-order valence-corrected chi connectivity index (χ1v) is 9.92. The monoisotopic (exact) mass is 366 g/mol. The van der Waals surface area contributed by atoms with Crippen molar-refractivity contribution in [2.24, 2.45) is 5.92 Å². The molecule has 1 atom stereocenters. The zero-order valence-corrected chi connectivity index (χ0v) is 15.5. The number of ether oxygens (including phenoxy) is 1. The molecular weight excluding hydrogens is 344 g/mol. The van der Waals surface area contributed by atoms with E-state index in [0.29, 0.717) is 19.1 Å². The minimum absolute atomic E-state index is 0.119. The molecule has 2 aromatic carbocycles. The van der Waals surface area contributed by atoms with E-state index in [-0.39, 0.29) is 5.91 Å². The Morgan fingerprint density at radius 2 is 2.12 bits per heavy atom. The highest BCUT2D eigenvalue weighted by atomic mass is 32.1. The van der Waals surface area contributed by atoms with E-state index >= 15 is 0 Å². The molecule has 3 aromatic rings. The molecule has 1 unspecified atom stereocenters. The number of piperidine rings is 1. The summed E-state index contributed by atoms with van der Waals surface area (Å²) in [5.41, 5.74) is 4.72. The molecule has 4 rings (SSSR count). The van der Waals surface area contributed by atoms with Crippen molar-refractivity contribution in [2.45, 2.75) is 19.4 Å². The van der Waals surface area contributed by atoms with Gasteiger partial charge in [-0.1, -0.05) is 30.3 Å². The van der Waals surface area contributed by atoms with E-state index < -0.39 is 0 Å². The van der Waals surface area contributed by atoms with E-state index in [9.17, 15) is 4.79 Å². The quantitative estimate of drug-likeness (QED) is 0.673. The number of rotatable bonds is 5. The van der Waals surface area contributed by atoms with E-state index in [1.165, 1.54) is 5.56 Å². The second-order valence-corrected chi connectivity index (χ2v) is 7.68. The van der Waals surface area contributed by atoms with Gasteiger partial charge in [-0.05, 0) is 42.5 Å². The molecule has 4 nitrogen and oxygen atoms in total. The number of benzene rings is 2. The Balaban J connectivity index is 1.34. The molecular formula is C21H22N2O2S. The Bertz CT molecular complexity index is 878. The molecule has 0 radical (unpaired) electrons. The highest BCUT2D eigenvalue weighted by Crippen LogP contribution is 2.23. The lowest BCUT2D eigenvalue weighted by molar-refractivity contribution is 0.0426. The van der Waals surface area contributed by atoms with Crippen LogP contribution in [-0.2, 0) is 11.3 Å². The second kappa shape index (κ2) is 7.98. The van der Waals surface area contributed by atoms with Crippen LogP contribution < -0.4 is 0 Å². The molecule has 1 amide bonds. The SMILES string of the molecule is O=C(c1ccc2ncsc2c1)N1CCCC(COCc2ccccc2)C1. The Labute approximate surface area is 157 Å². The molecule has 1 aliphatic heterocycles. The average molecular weight is 366 g/mol. The molecule has 0 bridgehead atoms. The van der Waals surface area contributed by atoms with E-state index in [0.717, 1.165) is 41.7 Å². The van der Waals surface area contributed by atoms with Crippen LogP contribution in [0.25, 0.3) is 10.2 Å². The van der Waals surface area contributed by atoms with E-state index in [4.69, 9.17) is 4.74 Å². The summed E-state index contributed by atoms with van der Waals surface area (Å²) in [6.07, 6.45) is 2.15. The summed E-state index contributed by atoms with van der Waals surface area (Å²) in [6.45, 7) is 2.93. The van der Waals surface area contributed by atoms with Gasteiger partial charge in [0.05, 0.1) is 28.9 Å². The van der Waals surface area contributed by atoms with Crippen molar-refractivity contribution in [1.82, 2.24) is 9.88 Å². The van der Waals surface area contributed by atoms with Crippen LogP contribution >= 0.6 is 11.3 Å². The summed E-state index contributed by atoms with van der Waals surface area (Å²) in [5, 5.41) is 0. The number of hydrogen-bond acceptors (Lipinski definition) is 4. The third-order valence-electron chi connectivity index (χ3n) is 4.85. The molecule has 1 aromatic heterocycles. The number of thiazole rings is 1. The maximum absolute atomic E-state index is 12.9. The van der Waals surface area contributed by atoms with Gasteiger partial charge >= 0.3 is 0 Å². The van der Waals surface area contributed by atoms with Gasteiger partial charge in [0.15, 0.2) is 0 Å². The van der Waals surface area contributed by atoms with Gasteiger partial charge in [-0.15, -0.1) is 11.3 Å². The lowest BCUT2D eigenvalue weighted by atomic mass is 9.98. The number of aromatic nitrogens is 1. The van der Waals surface area contributed by atoms with Crippen molar-refractivity contribution >= 4 is 27.5 Å². The molecule has 1 fully saturated rings. The van der Waals surface area contributed by atoms with Crippen LogP contribution in [0.2, 0.25) is 0 Å². The maximum atomic E-state index is 12.9. The van der Waals surface area contributed by atoms with Crippen LogP contribution in [-0.4, -0.2) is 35.5 Å². The summed E-state index contributed by atoms with van der Waals surface area (Å²) in [6, 6.07) is 16.0. The van der Waals surface area contributed by atoms with Crippen molar-refractivity contribution in [3.63, 3.8) is 0 Å². The standard InChI is InChI=1S/C21H22N2O2S/c24-21(18-8-9-19-20(11-18)26-15-22-19)23-10-4-7-17(12-23)14-25-13-16-5-2-1-3-6-16/h1-3,5-6,8-9,11,15,17H,4,7,10,12-14H2. The summed E-state index contributed by atoms with van der Waals surface area (Å²) in [7, 11) is 0. The summed E-state index contributed by atoms with van der Waals surface area (Å²) >= 11 is 1.57. The molecule has 0 aliphatic carbocycles. The molecule has 5 heteroatoms. The number of likely N-dealkylation sites (tertiary alicyclic amines) is 1. The van der Waals surface area contributed by atoms with Crippen LogP contribution in [0, 0.1) is 5.92 Å². The van der Waals surface area contributed by atoms with Gasteiger partial charge < -0.3 is 9.64 Å². The van der Waals surface area contributed by atoms with Crippen molar-refractivity contribution < 1.29 is 9.53 Å². The summed E-state index contributed by atoms with van der Waals surface area (Å²) < 4.78 is 6.96. The fourth-order valence-electron chi connectivity index (χ4n) is 3.47. The van der Waals surface area contributed by atoms with Crippen molar-refractivity contribution in [3.8, 4) is 0 Å². The average Bonchev–Trinajstić information content (AvgIpc) is 3.16. The third kappa shape index (κ3) is 3.94. The number of fused-ring (bicyclic) bond motifs is 1. The van der Waals surface area contributed by atoms with Gasteiger partial charge in [-0.2, -0.15) is 0 Å². The number of amides is 1. The highest BCUT2D eigenvalue weighted by molar-refractivity contribution is 7.16. The number of hydrogen-bond donors (Lipinski definition) is 0. The third-order valence-corrected chi connectivity index (χ3v) is 5.64. The van der Waals surface area contributed by atoms with Crippen molar-refractivity contribution in [3.05, 3.63) is 65.2 Å². The second-order valence-electron chi connectivity index (χ2n) is 6.80. The fraction of sp³-hybridized carbons (Fsp3) is 0.333. The predicted octanol–water partition coefficient (Wildman–Crippen LogP) is 4.37. The zero-order valence-electron chi connectivity index (χ0n) is 14.6. The topological polar surface area (TPSA) is 42.4 Å². The Morgan fingerprint density at radius 1 is 1.23 bits per heavy atom. The molecule has 0 N–H and O–H groups in total. The van der Waals surface area contributed by atoms with Crippen LogP contribution in [0.3, 0.4) is 0 Å². The van der Waals surface area contributed by atoms with Crippen molar-refractivity contribution in [1.29, 1.82) is 0 Å². The zero-order chi connectivity index (χ0) is 17.8.